The maximum atomic E-state index is 11.4. The van der Waals surface area contributed by atoms with Gasteiger partial charge in [-0.15, -0.1) is 0 Å². The average Bonchev–Trinajstić information content (AvgIpc) is 3.38. The zero-order chi connectivity index (χ0) is 14.1. The Morgan fingerprint density at radius 1 is 1.35 bits per heavy atom. The summed E-state index contributed by atoms with van der Waals surface area (Å²) in [5.41, 5.74) is 0. The molecule has 1 aromatic rings. The molecule has 110 valence electrons. The quantitative estimate of drug-likeness (QED) is 0.778. The number of rotatable bonds is 7. The predicted molar refractivity (Wildman–Crippen MR) is 75.4 cm³/mol. The zero-order valence-electron chi connectivity index (χ0n) is 12.2. The van der Waals surface area contributed by atoms with Crippen molar-refractivity contribution in [3.05, 3.63) is 23.7 Å². The maximum Gasteiger partial charge on any atom is 0.373 e. The minimum absolute atomic E-state index is 0.133. The van der Waals surface area contributed by atoms with E-state index in [1.54, 1.807) is 6.07 Å². The van der Waals surface area contributed by atoms with Crippen molar-refractivity contribution < 1.29 is 13.9 Å². The molecular weight excluding hydrogens is 254 g/mol. The van der Waals surface area contributed by atoms with Gasteiger partial charge in [-0.05, 0) is 69.0 Å². The highest BCUT2D eigenvalue weighted by molar-refractivity contribution is 5.86. The van der Waals surface area contributed by atoms with Crippen LogP contribution in [0.15, 0.2) is 16.5 Å². The third-order valence-electron chi connectivity index (χ3n) is 4.55. The Labute approximate surface area is 119 Å². The lowest BCUT2D eigenvalue weighted by Gasteiger charge is -2.19. The van der Waals surface area contributed by atoms with Gasteiger partial charge in [-0.2, -0.15) is 0 Å². The van der Waals surface area contributed by atoms with Crippen LogP contribution in [0.25, 0.3) is 0 Å². The molecule has 2 aliphatic carbocycles. The van der Waals surface area contributed by atoms with E-state index in [0.29, 0.717) is 0 Å². The molecular formula is C16H23NO3. The van der Waals surface area contributed by atoms with E-state index in [2.05, 4.69) is 17.0 Å². The fraction of sp³-hybridized carbons (Fsp3) is 0.688. The molecule has 1 heterocycles. The minimum Gasteiger partial charge on any atom is -0.463 e. The second-order valence-corrected chi connectivity index (χ2v) is 6.16. The normalized spacial score (nSPS) is 20.1. The van der Waals surface area contributed by atoms with Gasteiger partial charge in [-0.3, -0.25) is 0 Å². The fourth-order valence-corrected chi connectivity index (χ4v) is 2.98. The molecule has 2 saturated carbocycles. The van der Waals surface area contributed by atoms with Gasteiger partial charge in [0.1, 0.15) is 5.76 Å². The van der Waals surface area contributed by atoms with Crippen molar-refractivity contribution in [1.82, 2.24) is 5.32 Å². The number of hydrogen-bond donors (Lipinski definition) is 1. The predicted octanol–water partition coefficient (Wildman–Crippen LogP) is 3.15. The van der Waals surface area contributed by atoms with Gasteiger partial charge in [0.25, 0.3) is 0 Å². The monoisotopic (exact) mass is 277 g/mol. The molecule has 0 radical (unpaired) electrons. The van der Waals surface area contributed by atoms with Crippen LogP contribution in [0, 0.1) is 17.8 Å². The largest absolute Gasteiger partial charge is 0.463 e. The van der Waals surface area contributed by atoms with Crippen molar-refractivity contribution in [2.75, 3.05) is 13.7 Å². The summed E-state index contributed by atoms with van der Waals surface area (Å²) in [6, 6.07) is 3.67. The van der Waals surface area contributed by atoms with Gasteiger partial charge < -0.3 is 14.5 Å². The number of ether oxygens (including phenoxy) is 1. The molecule has 4 heteroatoms. The van der Waals surface area contributed by atoms with E-state index in [9.17, 15) is 4.79 Å². The Morgan fingerprint density at radius 2 is 2.00 bits per heavy atom. The first-order valence-electron chi connectivity index (χ1n) is 7.60. The van der Waals surface area contributed by atoms with Crippen LogP contribution in [0.2, 0.25) is 0 Å². The van der Waals surface area contributed by atoms with Crippen molar-refractivity contribution in [3.63, 3.8) is 0 Å². The van der Waals surface area contributed by atoms with Gasteiger partial charge in [-0.25, -0.2) is 4.79 Å². The number of hydrogen-bond acceptors (Lipinski definition) is 4. The molecule has 4 nitrogen and oxygen atoms in total. The molecule has 1 N–H and O–H groups in total. The van der Waals surface area contributed by atoms with Crippen LogP contribution in [0.4, 0.5) is 0 Å². The van der Waals surface area contributed by atoms with E-state index in [0.717, 1.165) is 30.1 Å². The summed E-state index contributed by atoms with van der Waals surface area (Å²) in [4.78, 5) is 11.4. The summed E-state index contributed by atoms with van der Waals surface area (Å²) in [5, 5.41) is 3.57. The molecule has 3 rings (SSSR count). The summed E-state index contributed by atoms with van der Waals surface area (Å²) in [5.74, 6) is 3.39. The van der Waals surface area contributed by atoms with Crippen molar-refractivity contribution in [2.24, 2.45) is 17.8 Å². The number of furan rings is 1. The molecule has 0 spiro atoms. The Morgan fingerprint density at radius 3 is 2.55 bits per heavy atom. The van der Waals surface area contributed by atoms with Crippen LogP contribution in [-0.2, 0) is 4.74 Å². The lowest BCUT2D eigenvalue weighted by molar-refractivity contribution is 0.0562. The smallest absolute Gasteiger partial charge is 0.373 e. The van der Waals surface area contributed by atoms with Gasteiger partial charge in [0, 0.05) is 0 Å². The fourth-order valence-electron chi connectivity index (χ4n) is 2.98. The first-order chi connectivity index (χ1) is 9.69. The van der Waals surface area contributed by atoms with E-state index < -0.39 is 5.97 Å². The Kier molecular flexibility index (Phi) is 3.83. The third kappa shape index (κ3) is 3.06. The lowest BCUT2D eigenvalue weighted by Crippen LogP contribution is -2.27. The minimum atomic E-state index is -0.419. The number of carbonyl (C=O) groups excluding carboxylic acids is 1. The van der Waals surface area contributed by atoms with Crippen molar-refractivity contribution in [2.45, 2.75) is 38.6 Å². The highest BCUT2D eigenvalue weighted by Gasteiger charge is 2.41. The van der Waals surface area contributed by atoms with E-state index in [-0.39, 0.29) is 11.8 Å². The highest BCUT2D eigenvalue weighted by Crippen LogP contribution is 2.48. The summed E-state index contributed by atoms with van der Waals surface area (Å²) < 4.78 is 10.2. The van der Waals surface area contributed by atoms with Crippen molar-refractivity contribution >= 4 is 5.97 Å². The van der Waals surface area contributed by atoms with E-state index in [1.165, 1.54) is 32.8 Å². The Balaban J connectivity index is 1.54. The number of carbonyl (C=O) groups is 1. The van der Waals surface area contributed by atoms with Crippen molar-refractivity contribution in [1.29, 1.82) is 0 Å². The molecule has 0 bridgehead atoms. The van der Waals surface area contributed by atoms with Crippen LogP contribution in [0.1, 0.15) is 55.0 Å². The molecule has 0 aromatic carbocycles. The van der Waals surface area contributed by atoms with Gasteiger partial charge in [0.15, 0.2) is 0 Å². The van der Waals surface area contributed by atoms with E-state index in [4.69, 9.17) is 4.42 Å². The summed E-state index contributed by atoms with van der Waals surface area (Å²) in [7, 11) is 1.36. The third-order valence-corrected chi connectivity index (χ3v) is 4.55. The first kappa shape index (κ1) is 13.7. The van der Waals surface area contributed by atoms with Crippen LogP contribution < -0.4 is 5.32 Å². The van der Waals surface area contributed by atoms with E-state index in [1.807, 2.05) is 6.07 Å². The maximum absolute atomic E-state index is 11.4. The topological polar surface area (TPSA) is 51.5 Å². The molecule has 0 saturated heterocycles. The number of methoxy groups -OCH3 is 1. The first-order valence-corrected chi connectivity index (χ1v) is 7.60. The molecule has 1 atom stereocenters. The van der Waals surface area contributed by atoms with Gasteiger partial charge in [-0.1, -0.05) is 0 Å². The van der Waals surface area contributed by atoms with Crippen LogP contribution in [0.5, 0.6) is 0 Å². The van der Waals surface area contributed by atoms with Crippen LogP contribution >= 0.6 is 0 Å². The number of esters is 1. The van der Waals surface area contributed by atoms with Gasteiger partial charge in [0.2, 0.25) is 5.76 Å². The SMILES string of the molecule is COC(=O)c1ccc(C(C)NCC(C2CC2)C2CC2)o1. The summed E-state index contributed by atoms with van der Waals surface area (Å²) >= 11 is 0. The second-order valence-electron chi connectivity index (χ2n) is 6.16. The molecule has 1 unspecified atom stereocenters. The van der Waals surface area contributed by atoms with Crippen LogP contribution in [0.3, 0.4) is 0 Å². The molecule has 0 aliphatic heterocycles. The summed E-state index contributed by atoms with van der Waals surface area (Å²) in [6.45, 7) is 3.14. The summed E-state index contributed by atoms with van der Waals surface area (Å²) in [6.07, 6.45) is 5.63. The number of nitrogens with one attached hydrogen (secondary N) is 1. The van der Waals surface area contributed by atoms with Crippen LogP contribution in [-0.4, -0.2) is 19.6 Å². The van der Waals surface area contributed by atoms with Gasteiger partial charge >= 0.3 is 5.97 Å². The highest BCUT2D eigenvalue weighted by atomic mass is 16.5. The van der Waals surface area contributed by atoms with Gasteiger partial charge in [0.05, 0.1) is 13.2 Å². The zero-order valence-corrected chi connectivity index (χ0v) is 12.2. The molecule has 2 aliphatic rings. The standard InChI is InChI=1S/C16H23NO3/c1-10(14-7-8-15(20-14)16(18)19-2)17-9-13(11-3-4-11)12-5-6-12/h7-8,10-13,17H,3-6,9H2,1-2H3. The lowest BCUT2D eigenvalue weighted by atomic mass is 9.97. The molecule has 0 amide bonds. The Bertz CT molecular complexity index is 462. The molecule has 20 heavy (non-hydrogen) atoms. The average molecular weight is 277 g/mol. The van der Waals surface area contributed by atoms with Crippen molar-refractivity contribution in [3.8, 4) is 0 Å². The van der Waals surface area contributed by atoms with E-state index >= 15 is 0 Å². The molecule has 2 fully saturated rings. The Hall–Kier alpha value is -1.29. The second kappa shape index (κ2) is 5.60. The molecule has 1 aromatic heterocycles.